The Morgan fingerprint density at radius 1 is 1.18 bits per heavy atom. The molecule has 0 saturated carbocycles. The van der Waals surface area contributed by atoms with Gasteiger partial charge in [0.05, 0.1) is 10.2 Å². The zero-order chi connectivity index (χ0) is 19.7. The van der Waals surface area contributed by atoms with Crippen LogP contribution >= 0.6 is 11.3 Å². The maximum absolute atomic E-state index is 13.4. The van der Waals surface area contributed by atoms with Gasteiger partial charge in [-0.05, 0) is 55.3 Å². The monoisotopic (exact) mass is 398 g/mol. The van der Waals surface area contributed by atoms with Crippen molar-refractivity contribution in [3.8, 4) is 0 Å². The number of halogens is 1. The summed E-state index contributed by atoms with van der Waals surface area (Å²) < 4.78 is 14.2. The van der Waals surface area contributed by atoms with Crippen LogP contribution in [-0.4, -0.2) is 38.1 Å². The van der Waals surface area contributed by atoms with E-state index in [2.05, 4.69) is 15.2 Å². The second-order valence-corrected chi connectivity index (χ2v) is 8.31. The van der Waals surface area contributed by atoms with Gasteiger partial charge in [0.15, 0.2) is 5.13 Å². The molecule has 1 fully saturated rings. The van der Waals surface area contributed by atoms with Gasteiger partial charge in [-0.1, -0.05) is 11.3 Å². The van der Waals surface area contributed by atoms with Crippen LogP contribution in [0.3, 0.4) is 0 Å². The summed E-state index contributed by atoms with van der Waals surface area (Å²) in [4.78, 5) is 21.4. The summed E-state index contributed by atoms with van der Waals surface area (Å²) in [5, 5.41) is 3.93. The lowest BCUT2D eigenvalue weighted by molar-refractivity contribution is -0.120. The topological polar surface area (TPSA) is 48.5 Å². The Hall–Kier alpha value is -2.67. The average molecular weight is 399 g/mol. The number of fused-ring (bicyclic) bond motifs is 1. The molecule has 146 valence electrons. The molecular formula is C21H23FN4OS. The predicted octanol–water partition coefficient (Wildman–Crippen LogP) is 4.36. The van der Waals surface area contributed by atoms with Crippen molar-refractivity contribution in [2.24, 2.45) is 5.92 Å². The fraction of sp³-hybridized carbons (Fsp3) is 0.333. The number of hydrogen-bond donors (Lipinski definition) is 1. The Balaban J connectivity index is 1.35. The van der Waals surface area contributed by atoms with Crippen molar-refractivity contribution in [3.05, 3.63) is 48.3 Å². The lowest BCUT2D eigenvalue weighted by Crippen LogP contribution is -2.38. The zero-order valence-electron chi connectivity index (χ0n) is 16.0. The Morgan fingerprint density at radius 3 is 2.57 bits per heavy atom. The van der Waals surface area contributed by atoms with Crippen molar-refractivity contribution < 1.29 is 9.18 Å². The third-order valence-electron chi connectivity index (χ3n) is 5.13. The van der Waals surface area contributed by atoms with E-state index >= 15 is 0 Å². The van der Waals surface area contributed by atoms with Crippen molar-refractivity contribution in [1.82, 2.24) is 4.98 Å². The lowest BCUT2D eigenvalue weighted by atomic mass is 9.96. The van der Waals surface area contributed by atoms with Crippen LogP contribution in [0.25, 0.3) is 10.2 Å². The van der Waals surface area contributed by atoms with Crippen LogP contribution in [0.2, 0.25) is 0 Å². The van der Waals surface area contributed by atoms with E-state index in [-0.39, 0.29) is 17.6 Å². The number of amides is 1. The molecule has 2 aromatic carbocycles. The molecule has 1 saturated heterocycles. The normalized spacial score (nSPS) is 15.0. The highest BCUT2D eigenvalue weighted by molar-refractivity contribution is 7.22. The SMILES string of the molecule is CN(C)c1ccc(NC(=O)C2CCN(c3nc4ccc(F)cc4s3)CC2)cc1. The Bertz CT molecular complexity index is 978. The maximum Gasteiger partial charge on any atom is 0.227 e. The average Bonchev–Trinajstić information content (AvgIpc) is 3.11. The number of piperidine rings is 1. The van der Waals surface area contributed by atoms with Crippen LogP contribution in [0.5, 0.6) is 0 Å². The fourth-order valence-corrected chi connectivity index (χ4v) is 4.48. The Morgan fingerprint density at radius 2 is 1.89 bits per heavy atom. The first-order valence-corrected chi connectivity index (χ1v) is 10.2. The van der Waals surface area contributed by atoms with Crippen LogP contribution in [0, 0.1) is 11.7 Å². The van der Waals surface area contributed by atoms with Gasteiger partial charge in [-0.15, -0.1) is 0 Å². The van der Waals surface area contributed by atoms with E-state index in [9.17, 15) is 9.18 Å². The minimum atomic E-state index is -0.239. The molecule has 7 heteroatoms. The summed E-state index contributed by atoms with van der Waals surface area (Å²) in [6, 6.07) is 12.5. The van der Waals surface area contributed by atoms with Gasteiger partial charge in [-0.2, -0.15) is 0 Å². The van der Waals surface area contributed by atoms with Crippen LogP contribution in [-0.2, 0) is 4.79 Å². The van der Waals surface area contributed by atoms with Crippen LogP contribution in [0.1, 0.15) is 12.8 Å². The zero-order valence-corrected chi connectivity index (χ0v) is 16.8. The highest BCUT2D eigenvalue weighted by atomic mass is 32.1. The smallest absolute Gasteiger partial charge is 0.227 e. The van der Waals surface area contributed by atoms with E-state index in [1.807, 2.05) is 43.3 Å². The second-order valence-electron chi connectivity index (χ2n) is 7.30. The van der Waals surface area contributed by atoms with E-state index in [0.717, 1.165) is 52.7 Å². The van der Waals surface area contributed by atoms with E-state index in [4.69, 9.17) is 0 Å². The van der Waals surface area contributed by atoms with Crippen LogP contribution < -0.4 is 15.1 Å². The van der Waals surface area contributed by atoms with Crippen LogP contribution in [0.15, 0.2) is 42.5 Å². The minimum absolute atomic E-state index is 0.00315. The molecule has 1 aromatic heterocycles. The van der Waals surface area contributed by atoms with Crippen LogP contribution in [0.4, 0.5) is 20.9 Å². The standard InChI is InChI=1S/C21H23FN4OS/c1-25(2)17-6-4-16(5-7-17)23-20(27)14-9-11-26(12-10-14)21-24-18-8-3-15(22)13-19(18)28-21/h3-8,13-14H,9-12H2,1-2H3,(H,23,27). The summed E-state index contributed by atoms with van der Waals surface area (Å²) in [7, 11) is 3.98. The number of benzene rings is 2. The number of aromatic nitrogens is 1. The molecular weight excluding hydrogens is 375 g/mol. The first-order valence-electron chi connectivity index (χ1n) is 9.39. The number of rotatable bonds is 4. The maximum atomic E-state index is 13.4. The van der Waals surface area contributed by atoms with Crippen molar-refractivity contribution in [2.45, 2.75) is 12.8 Å². The number of nitrogens with zero attached hydrogens (tertiary/aromatic N) is 3. The van der Waals surface area contributed by atoms with E-state index in [1.54, 1.807) is 6.07 Å². The van der Waals surface area contributed by atoms with Gasteiger partial charge in [0, 0.05) is 44.5 Å². The van der Waals surface area contributed by atoms with Gasteiger partial charge >= 0.3 is 0 Å². The summed E-state index contributed by atoms with van der Waals surface area (Å²) >= 11 is 1.50. The molecule has 0 unspecified atom stereocenters. The van der Waals surface area contributed by atoms with Crippen molar-refractivity contribution in [1.29, 1.82) is 0 Å². The molecule has 1 N–H and O–H groups in total. The fourth-order valence-electron chi connectivity index (χ4n) is 3.44. The third kappa shape index (κ3) is 3.94. The number of thiazole rings is 1. The minimum Gasteiger partial charge on any atom is -0.378 e. The molecule has 5 nitrogen and oxygen atoms in total. The summed E-state index contributed by atoms with van der Waals surface area (Å²) in [5.41, 5.74) is 2.75. The summed E-state index contributed by atoms with van der Waals surface area (Å²) in [6.45, 7) is 1.56. The molecule has 1 aliphatic rings. The highest BCUT2D eigenvalue weighted by Gasteiger charge is 2.26. The van der Waals surface area contributed by atoms with Gasteiger partial charge in [0.1, 0.15) is 5.82 Å². The first-order chi connectivity index (χ1) is 13.5. The lowest BCUT2D eigenvalue weighted by Gasteiger charge is -2.31. The quantitative estimate of drug-likeness (QED) is 0.710. The van der Waals surface area contributed by atoms with Gasteiger partial charge in [-0.25, -0.2) is 9.37 Å². The Kier molecular flexibility index (Phi) is 5.17. The molecule has 0 radical (unpaired) electrons. The van der Waals surface area contributed by atoms with E-state index in [0.29, 0.717) is 0 Å². The molecule has 0 spiro atoms. The molecule has 1 aliphatic heterocycles. The van der Waals surface area contributed by atoms with Gasteiger partial charge in [0.2, 0.25) is 5.91 Å². The van der Waals surface area contributed by atoms with E-state index in [1.165, 1.54) is 23.5 Å². The van der Waals surface area contributed by atoms with E-state index < -0.39 is 0 Å². The second kappa shape index (κ2) is 7.75. The van der Waals surface area contributed by atoms with Crippen molar-refractivity contribution in [2.75, 3.05) is 42.3 Å². The van der Waals surface area contributed by atoms with Gasteiger partial charge in [-0.3, -0.25) is 4.79 Å². The van der Waals surface area contributed by atoms with Gasteiger partial charge < -0.3 is 15.1 Å². The predicted molar refractivity (Wildman–Crippen MR) is 114 cm³/mol. The summed E-state index contributed by atoms with van der Waals surface area (Å²) in [6.07, 6.45) is 1.57. The highest BCUT2D eigenvalue weighted by Crippen LogP contribution is 2.32. The summed E-state index contributed by atoms with van der Waals surface area (Å²) in [5.74, 6) is -0.170. The largest absolute Gasteiger partial charge is 0.378 e. The molecule has 0 atom stereocenters. The number of hydrogen-bond acceptors (Lipinski definition) is 5. The van der Waals surface area contributed by atoms with Crippen molar-refractivity contribution in [3.63, 3.8) is 0 Å². The molecule has 1 amide bonds. The first kappa shape index (κ1) is 18.7. The molecule has 0 aliphatic carbocycles. The molecule has 4 rings (SSSR count). The molecule has 0 bridgehead atoms. The third-order valence-corrected chi connectivity index (χ3v) is 6.21. The molecule has 3 aromatic rings. The number of carbonyl (C=O) groups is 1. The van der Waals surface area contributed by atoms with Crippen molar-refractivity contribution >= 4 is 44.0 Å². The number of carbonyl (C=O) groups excluding carboxylic acids is 1. The Labute approximate surface area is 167 Å². The molecule has 2 heterocycles. The van der Waals surface area contributed by atoms with Gasteiger partial charge in [0.25, 0.3) is 0 Å². The number of nitrogens with one attached hydrogen (secondary N) is 1. The molecule has 28 heavy (non-hydrogen) atoms. The number of anilines is 3.